The molecule has 1 unspecified atom stereocenters. The van der Waals surface area contributed by atoms with E-state index in [9.17, 15) is 31.3 Å². The average Bonchev–Trinajstić information content (AvgIpc) is 2.62. The molecule has 0 saturated carbocycles. The Labute approximate surface area is 242 Å². The number of unbranched alkanes of at least 4 members (excludes halogenated alkanes) is 13. The maximum atomic E-state index is 11.7. The van der Waals surface area contributed by atoms with Crippen molar-refractivity contribution in [2.24, 2.45) is 0 Å². The molecule has 184 valence electrons. The molecule has 8 nitrogen and oxygen atoms in total. The van der Waals surface area contributed by atoms with E-state index in [1.54, 1.807) is 0 Å². The Morgan fingerprint density at radius 2 is 1.03 bits per heavy atom. The minimum absolute atomic E-state index is 0. The molecule has 0 spiro atoms. The van der Waals surface area contributed by atoms with Crippen molar-refractivity contribution in [1.29, 1.82) is 0 Å². The Bertz CT molecular complexity index is 695. The van der Waals surface area contributed by atoms with Gasteiger partial charge in [-0.05, 0) is 12.8 Å². The summed E-state index contributed by atoms with van der Waals surface area (Å²) in [4.78, 5) is 11.5. The van der Waals surface area contributed by atoms with Gasteiger partial charge in [-0.3, -0.25) is 13.9 Å². The normalized spacial score (nSPS) is 13.6. The van der Waals surface area contributed by atoms with Crippen LogP contribution in [0.1, 0.15) is 113 Å². The van der Waals surface area contributed by atoms with E-state index in [-0.39, 0.29) is 68.4 Å². The molecule has 0 aromatic carbocycles. The van der Waals surface area contributed by atoms with Crippen LogP contribution in [0.3, 0.4) is 0 Å². The van der Waals surface area contributed by atoms with Crippen LogP contribution in [0.15, 0.2) is 0 Å². The first-order valence-corrected chi connectivity index (χ1v) is 14.2. The molecule has 0 aliphatic carbocycles. The molecule has 0 radical (unpaired) electrons. The van der Waals surface area contributed by atoms with Crippen molar-refractivity contribution in [3.63, 3.8) is 0 Å². The summed E-state index contributed by atoms with van der Waals surface area (Å²) in [7, 11) is -9.59. The predicted molar refractivity (Wildman–Crippen MR) is 120 cm³/mol. The van der Waals surface area contributed by atoms with Crippen LogP contribution < -0.4 is 59.1 Å². The molecule has 0 amide bonds. The molecule has 0 fully saturated rings. The molecule has 0 heterocycles. The van der Waals surface area contributed by atoms with Crippen molar-refractivity contribution in [1.82, 2.24) is 0 Å². The van der Waals surface area contributed by atoms with Gasteiger partial charge in [0.15, 0.2) is 4.75 Å². The zero-order valence-corrected chi connectivity index (χ0v) is 25.9. The van der Waals surface area contributed by atoms with Crippen molar-refractivity contribution in [3.05, 3.63) is 0 Å². The fourth-order valence-electron chi connectivity index (χ4n) is 3.61. The smallest absolute Gasteiger partial charge is 1.00 e. The third kappa shape index (κ3) is 17.7. The average molecular weight is 521 g/mol. The molecule has 0 aromatic heterocycles. The number of hydrogen-bond donors (Lipinski definition) is 3. The first-order chi connectivity index (χ1) is 14.0. The predicted octanol–water partition coefficient (Wildman–Crippen LogP) is -0.920. The van der Waals surface area contributed by atoms with Crippen molar-refractivity contribution >= 4 is 26.2 Å². The van der Waals surface area contributed by atoms with E-state index in [2.05, 4.69) is 6.92 Å². The summed E-state index contributed by atoms with van der Waals surface area (Å²) in [5.74, 6) is -2.85. The fourth-order valence-corrected chi connectivity index (χ4v) is 5.32. The molecule has 0 bridgehead atoms. The van der Waals surface area contributed by atoms with Crippen LogP contribution in [0.2, 0.25) is 0 Å². The van der Waals surface area contributed by atoms with Crippen LogP contribution in [-0.2, 0) is 25.0 Å². The molecular weight excluding hydrogens is 478 g/mol. The maximum absolute atomic E-state index is 11.7. The minimum atomic E-state index is -5.04. The summed E-state index contributed by atoms with van der Waals surface area (Å²) in [5, 5.41) is 9.34. The molecule has 12 heteroatoms. The summed E-state index contributed by atoms with van der Waals surface area (Å²) in [6.07, 6.45) is 13.8. The molecule has 0 rings (SSSR count). The Balaban J connectivity index is -0.000000701. The number of hydrogen-bond acceptors (Lipinski definition) is 5. The van der Waals surface area contributed by atoms with E-state index in [1.165, 1.54) is 51.4 Å². The van der Waals surface area contributed by atoms with Gasteiger partial charge < -0.3 is 7.96 Å². The van der Waals surface area contributed by atoms with E-state index in [1.807, 2.05) is 0 Å². The van der Waals surface area contributed by atoms with E-state index in [0.717, 1.165) is 25.7 Å². The zero-order chi connectivity index (χ0) is 23.1. The molecule has 0 aliphatic heterocycles. The van der Waals surface area contributed by atoms with Gasteiger partial charge in [0.2, 0.25) is 0 Å². The molecule has 32 heavy (non-hydrogen) atoms. The molecule has 0 aliphatic rings. The number of carboxylic acids is 1. The zero-order valence-electron chi connectivity index (χ0n) is 22.2. The maximum Gasteiger partial charge on any atom is 1.00 e. The molecule has 3 N–H and O–H groups in total. The number of carboxylic acid groups (broad SMARTS) is 1. The van der Waals surface area contributed by atoms with E-state index < -0.39 is 49.5 Å². The van der Waals surface area contributed by atoms with Crippen LogP contribution in [0, 0.1) is 0 Å². The van der Waals surface area contributed by atoms with Gasteiger partial charge in [0.1, 0.15) is 0 Å². The summed E-state index contributed by atoms with van der Waals surface area (Å²) < 4.78 is 60.8. The van der Waals surface area contributed by atoms with Crippen molar-refractivity contribution < 1.29 is 97.8 Å². The van der Waals surface area contributed by atoms with Gasteiger partial charge in [0, 0.05) is 0 Å². The van der Waals surface area contributed by atoms with Gasteiger partial charge in [0.05, 0.1) is 5.75 Å². The summed E-state index contributed by atoms with van der Waals surface area (Å²) >= 11 is 0. The second kappa shape index (κ2) is 20.5. The van der Waals surface area contributed by atoms with Crippen LogP contribution >= 0.6 is 0 Å². The SMILES string of the molecule is CCCCCCCCCCCCCCCCC(CCS(=O)(=O)O)(C(=O)O)S(=O)(=O)O.[H-].[H-].[Na+].[Na+]. The third-order valence-electron chi connectivity index (χ3n) is 5.58. The topological polar surface area (TPSA) is 146 Å². The molecule has 0 saturated heterocycles. The van der Waals surface area contributed by atoms with Crippen LogP contribution in [-0.4, -0.2) is 47.5 Å². The van der Waals surface area contributed by atoms with Gasteiger partial charge in [0.25, 0.3) is 20.2 Å². The molecular formula is C20H42Na2O8S2. The number of rotatable bonds is 20. The Morgan fingerprint density at radius 1 is 0.688 bits per heavy atom. The van der Waals surface area contributed by atoms with Gasteiger partial charge in [-0.2, -0.15) is 16.8 Å². The van der Waals surface area contributed by atoms with Gasteiger partial charge in [-0.15, -0.1) is 0 Å². The number of carbonyl (C=O) groups is 1. The number of aliphatic carboxylic acids is 1. The van der Waals surface area contributed by atoms with Crippen molar-refractivity contribution in [2.75, 3.05) is 5.75 Å². The second-order valence-corrected chi connectivity index (χ2v) is 11.5. The van der Waals surface area contributed by atoms with Crippen molar-refractivity contribution in [3.8, 4) is 0 Å². The van der Waals surface area contributed by atoms with Gasteiger partial charge in [-0.1, -0.05) is 96.8 Å². The van der Waals surface area contributed by atoms with Gasteiger partial charge >= 0.3 is 65.1 Å². The Hall–Kier alpha value is 1.29. The van der Waals surface area contributed by atoms with E-state index in [0.29, 0.717) is 6.42 Å². The first-order valence-electron chi connectivity index (χ1n) is 11.1. The third-order valence-corrected chi connectivity index (χ3v) is 7.87. The summed E-state index contributed by atoms with van der Waals surface area (Å²) in [5.41, 5.74) is 0. The van der Waals surface area contributed by atoms with Crippen LogP contribution in [0.25, 0.3) is 0 Å². The monoisotopic (exact) mass is 520 g/mol. The Kier molecular flexibility index (Phi) is 24.2. The largest absolute Gasteiger partial charge is 1.00 e. The first kappa shape index (κ1) is 37.8. The quantitative estimate of drug-likeness (QED) is 0.106. The van der Waals surface area contributed by atoms with Gasteiger partial charge in [-0.25, -0.2) is 0 Å². The van der Waals surface area contributed by atoms with Crippen LogP contribution in [0.5, 0.6) is 0 Å². The van der Waals surface area contributed by atoms with E-state index >= 15 is 0 Å². The summed E-state index contributed by atoms with van der Waals surface area (Å²) in [6, 6.07) is 0. The molecule has 0 aromatic rings. The van der Waals surface area contributed by atoms with E-state index in [4.69, 9.17) is 4.55 Å². The molecule has 1 atom stereocenters. The standard InChI is InChI=1S/C20H40O8S2.2Na.2H/c1-2-3-4-5-6-7-8-9-10-11-12-13-14-15-16-20(19(21)22,30(26,27)28)17-18-29(23,24)25;;;;/h2-18H2,1H3,(H,21,22)(H,23,24,25)(H,26,27,28);;;;/q;2*+1;2*-1. The van der Waals surface area contributed by atoms with Crippen LogP contribution in [0.4, 0.5) is 0 Å². The second-order valence-electron chi connectivity index (χ2n) is 8.16. The Morgan fingerprint density at radius 3 is 1.31 bits per heavy atom. The minimum Gasteiger partial charge on any atom is -1.00 e. The van der Waals surface area contributed by atoms with Crippen molar-refractivity contribution in [2.45, 2.75) is 114 Å². The fraction of sp³-hybridized carbons (Fsp3) is 0.950. The summed E-state index contributed by atoms with van der Waals surface area (Å²) in [6.45, 7) is 2.21.